The lowest BCUT2D eigenvalue weighted by Crippen LogP contribution is -1.98. The van der Waals surface area contributed by atoms with Crippen LogP contribution in [0.2, 0.25) is 5.02 Å². The van der Waals surface area contributed by atoms with Gasteiger partial charge in [-0.05, 0) is 13.0 Å². The van der Waals surface area contributed by atoms with Gasteiger partial charge in [0.1, 0.15) is 17.9 Å². The molecule has 0 N–H and O–H groups in total. The van der Waals surface area contributed by atoms with E-state index in [1.54, 1.807) is 6.92 Å². The summed E-state index contributed by atoms with van der Waals surface area (Å²) in [6, 6.07) is 2.61. The average molecular weight is 217 g/mol. The molecule has 2 nitrogen and oxygen atoms in total. The Morgan fingerprint density at radius 3 is 2.86 bits per heavy atom. The highest BCUT2D eigenvalue weighted by atomic mass is 35.5. The minimum absolute atomic E-state index is 0.00491. The molecule has 0 spiro atoms. The SMILES string of the molecule is CCOc1cc(F)c(Cl)cc1CC=O. The fourth-order valence-electron chi connectivity index (χ4n) is 1.11. The summed E-state index contributed by atoms with van der Waals surface area (Å²) in [7, 11) is 0. The van der Waals surface area contributed by atoms with Crippen LogP contribution in [0, 0.1) is 5.82 Å². The molecule has 0 aliphatic heterocycles. The van der Waals surface area contributed by atoms with Crippen molar-refractivity contribution in [3.05, 3.63) is 28.5 Å². The molecule has 0 aromatic heterocycles. The summed E-state index contributed by atoms with van der Waals surface area (Å²) in [6.07, 6.45) is 0.904. The maximum Gasteiger partial charge on any atom is 0.145 e. The molecule has 0 aliphatic rings. The van der Waals surface area contributed by atoms with Crippen LogP contribution in [0.5, 0.6) is 5.75 Å². The van der Waals surface area contributed by atoms with E-state index in [0.717, 1.165) is 6.29 Å². The molecule has 0 radical (unpaired) electrons. The Balaban J connectivity index is 3.09. The number of aldehydes is 1. The monoisotopic (exact) mass is 216 g/mol. The van der Waals surface area contributed by atoms with Gasteiger partial charge in [-0.2, -0.15) is 0 Å². The third kappa shape index (κ3) is 2.45. The minimum Gasteiger partial charge on any atom is -0.493 e. The van der Waals surface area contributed by atoms with Crippen LogP contribution >= 0.6 is 11.6 Å². The van der Waals surface area contributed by atoms with E-state index < -0.39 is 5.82 Å². The highest BCUT2D eigenvalue weighted by molar-refractivity contribution is 6.30. The van der Waals surface area contributed by atoms with E-state index in [2.05, 4.69) is 0 Å². The van der Waals surface area contributed by atoms with Crippen molar-refractivity contribution < 1.29 is 13.9 Å². The van der Waals surface area contributed by atoms with Gasteiger partial charge in [0.15, 0.2) is 0 Å². The Bertz CT molecular complexity index is 339. The van der Waals surface area contributed by atoms with Crippen molar-refractivity contribution in [1.29, 1.82) is 0 Å². The molecule has 0 unspecified atom stereocenters. The van der Waals surface area contributed by atoms with Crippen LogP contribution in [0.25, 0.3) is 0 Å². The third-order valence-corrected chi connectivity index (χ3v) is 2.00. The maximum absolute atomic E-state index is 13.0. The Morgan fingerprint density at radius 1 is 1.57 bits per heavy atom. The van der Waals surface area contributed by atoms with Gasteiger partial charge in [0.25, 0.3) is 0 Å². The molecule has 0 bridgehead atoms. The van der Waals surface area contributed by atoms with Gasteiger partial charge in [0.05, 0.1) is 11.6 Å². The molecule has 0 fully saturated rings. The molecular formula is C10H10ClFO2. The number of benzene rings is 1. The van der Waals surface area contributed by atoms with Gasteiger partial charge in [-0.1, -0.05) is 11.6 Å². The van der Waals surface area contributed by atoms with Crippen molar-refractivity contribution in [2.24, 2.45) is 0 Å². The number of halogens is 2. The van der Waals surface area contributed by atoms with Crippen molar-refractivity contribution in [2.75, 3.05) is 6.61 Å². The summed E-state index contributed by atoms with van der Waals surface area (Å²) in [5.74, 6) is -0.161. The molecular weight excluding hydrogens is 207 g/mol. The summed E-state index contributed by atoms with van der Waals surface area (Å²) in [5.41, 5.74) is 0.605. The summed E-state index contributed by atoms with van der Waals surface area (Å²) in [5, 5.41) is 0.00491. The molecule has 0 saturated heterocycles. The van der Waals surface area contributed by atoms with Gasteiger partial charge in [-0.15, -0.1) is 0 Å². The standard InChI is InChI=1S/C10H10ClFO2/c1-2-14-10-6-9(12)8(11)5-7(10)3-4-13/h4-6H,2-3H2,1H3. The Kier molecular flexibility index (Phi) is 3.89. The van der Waals surface area contributed by atoms with Crippen molar-refractivity contribution in [3.63, 3.8) is 0 Å². The van der Waals surface area contributed by atoms with Gasteiger partial charge in [0, 0.05) is 18.1 Å². The first kappa shape index (κ1) is 11.0. The summed E-state index contributed by atoms with van der Waals surface area (Å²) < 4.78 is 18.2. The fourth-order valence-corrected chi connectivity index (χ4v) is 1.30. The van der Waals surface area contributed by atoms with Crippen molar-refractivity contribution in [3.8, 4) is 5.75 Å². The zero-order chi connectivity index (χ0) is 10.6. The van der Waals surface area contributed by atoms with Gasteiger partial charge < -0.3 is 9.53 Å². The average Bonchev–Trinajstić information content (AvgIpc) is 2.14. The van der Waals surface area contributed by atoms with E-state index in [1.807, 2.05) is 0 Å². The summed E-state index contributed by atoms with van der Waals surface area (Å²) in [6.45, 7) is 2.21. The third-order valence-electron chi connectivity index (χ3n) is 1.71. The van der Waals surface area contributed by atoms with Crippen molar-refractivity contribution in [2.45, 2.75) is 13.3 Å². The molecule has 76 valence electrons. The highest BCUT2D eigenvalue weighted by Crippen LogP contribution is 2.26. The number of ether oxygens (including phenoxy) is 1. The molecule has 0 atom stereocenters. The van der Waals surface area contributed by atoms with Crippen LogP contribution in [0.4, 0.5) is 4.39 Å². The predicted octanol–water partition coefficient (Wildman–Crippen LogP) is 2.62. The van der Waals surface area contributed by atoms with Gasteiger partial charge in [-0.25, -0.2) is 4.39 Å². The van der Waals surface area contributed by atoms with Gasteiger partial charge in [-0.3, -0.25) is 0 Å². The van der Waals surface area contributed by atoms with Crippen LogP contribution in [0.3, 0.4) is 0 Å². The van der Waals surface area contributed by atoms with Crippen molar-refractivity contribution >= 4 is 17.9 Å². The zero-order valence-corrected chi connectivity index (χ0v) is 8.47. The van der Waals surface area contributed by atoms with Crippen LogP contribution in [-0.4, -0.2) is 12.9 Å². The van der Waals surface area contributed by atoms with Crippen LogP contribution in [0.1, 0.15) is 12.5 Å². The number of carbonyl (C=O) groups is 1. The lowest BCUT2D eigenvalue weighted by Gasteiger charge is -2.08. The van der Waals surface area contributed by atoms with Crippen LogP contribution in [0.15, 0.2) is 12.1 Å². The summed E-state index contributed by atoms with van der Waals surface area (Å²) in [4.78, 5) is 10.3. The normalized spacial score (nSPS) is 9.93. The number of hydrogen-bond donors (Lipinski definition) is 0. The first-order chi connectivity index (χ1) is 6.69. The topological polar surface area (TPSA) is 26.3 Å². The van der Waals surface area contributed by atoms with E-state index in [4.69, 9.17) is 16.3 Å². The summed E-state index contributed by atoms with van der Waals surface area (Å²) >= 11 is 5.58. The molecule has 1 aromatic carbocycles. The molecule has 14 heavy (non-hydrogen) atoms. The maximum atomic E-state index is 13.0. The zero-order valence-electron chi connectivity index (χ0n) is 7.72. The molecule has 1 aromatic rings. The van der Waals surface area contributed by atoms with E-state index in [9.17, 15) is 9.18 Å². The Morgan fingerprint density at radius 2 is 2.29 bits per heavy atom. The van der Waals surface area contributed by atoms with Gasteiger partial charge in [0.2, 0.25) is 0 Å². The number of carbonyl (C=O) groups excluding carboxylic acids is 1. The van der Waals surface area contributed by atoms with E-state index in [-0.39, 0.29) is 11.4 Å². The lowest BCUT2D eigenvalue weighted by atomic mass is 10.1. The van der Waals surface area contributed by atoms with Crippen LogP contribution < -0.4 is 4.74 Å². The molecule has 0 heterocycles. The lowest BCUT2D eigenvalue weighted by molar-refractivity contribution is -0.107. The molecule has 0 aliphatic carbocycles. The van der Waals surface area contributed by atoms with E-state index in [1.165, 1.54) is 12.1 Å². The number of hydrogen-bond acceptors (Lipinski definition) is 2. The highest BCUT2D eigenvalue weighted by Gasteiger charge is 2.08. The number of rotatable bonds is 4. The second kappa shape index (κ2) is 4.96. The molecule has 4 heteroatoms. The second-order valence-corrected chi connectivity index (χ2v) is 3.09. The van der Waals surface area contributed by atoms with Gasteiger partial charge >= 0.3 is 0 Å². The largest absolute Gasteiger partial charge is 0.493 e. The smallest absolute Gasteiger partial charge is 0.145 e. The quantitative estimate of drug-likeness (QED) is 0.724. The molecule has 0 saturated carbocycles. The van der Waals surface area contributed by atoms with E-state index >= 15 is 0 Å². The minimum atomic E-state index is -0.537. The Hall–Kier alpha value is -1.09. The molecule has 1 rings (SSSR count). The first-order valence-electron chi connectivity index (χ1n) is 4.23. The predicted molar refractivity (Wildman–Crippen MR) is 52.3 cm³/mol. The second-order valence-electron chi connectivity index (χ2n) is 2.68. The van der Waals surface area contributed by atoms with Crippen molar-refractivity contribution in [1.82, 2.24) is 0 Å². The first-order valence-corrected chi connectivity index (χ1v) is 4.61. The fraction of sp³-hybridized carbons (Fsp3) is 0.300. The van der Waals surface area contributed by atoms with Crippen LogP contribution in [-0.2, 0) is 11.2 Å². The molecule has 0 amide bonds. The Labute approximate surface area is 86.6 Å². The van der Waals surface area contributed by atoms with E-state index in [0.29, 0.717) is 17.9 Å².